The Bertz CT molecular complexity index is 479. The molecule has 2 rings (SSSR count). The summed E-state index contributed by atoms with van der Waals surface area (Å²) in [6.07, 6.45) is 1.68. The molecule has 0 aromatic carbocycles. The fourth-order valence-electron chi connectivity index (χ4n) is 1.42. The number of fused-ring (bicyclic) bond motifs is 1. The number of aliphatic imine (C=N–C) groups is 1. The van der Waals surface area contributed by atoms with Gasteiger partial charge in [-0.05, 0) is 5.92 Å². The van der Waals surface area contributed by atoms with Gasteiger partial charge in [-0.3, -0.25) is 0 Å². The highest BCUT2D eigenvalue weighted by Gasteiger charge is 2.20. The number of nitrogens with two attached hydrogens (primary N) is 1. The lowest BCUT2D eigenvalue weighted by Crippen LogP contribution is -2.35. The van der Waals surface area contributed by atoms with Crippen molar-refractivity contribution >= 4 is 23.5 Å². The molecular weight excluding hydrogens is 194 g/mol. The average Bonchev–Trinajstić information content (AvgIpc) is 2.59. The Morgan fingerprint density at radius 1 is 1.60 bits per heavy atom. The normalized spacial score (nSPS) is 14.3. The molecule has 0 saturated heterocycles. The highest BCUT2D eigenvalue weighted by atomic mass is 16.1. The molecule has 1 aromatic heterocycles. The molecule has 0 aliphatic carbocycles. The Labute approximate surface area is 86.5 Å². The number of nitrogens with zero attached hydrogens (tertiary/aromatic N) is 3. The van der Waals surface area contributed by atoms with Gasteiger partial charge >= 0.3 is 0 Å². The van der Waals surface area contributed by atoms with E-state index in [4.69, 9.17) is 5.73 Å². The topological polar surface area (TPSA) is 85.3 Å². The van der Waals surface area contributed by atoms with Crippen molar-refractivity contribution in [2.45, 2.75) is 19.8 Å². The molecule has 1 aliphatic heterocycles. The molecule has 15 heavy (non-hydrogen) atoms. The van der Waals surface area contributed by atoms with E-state index in [1.807, 2.05) is 13.8 Å². The number of hydrogen-bond acceptors (Lipinski definition) is 5. The molecule has 0 bridgehead atoms. The molecule has 1 aromatic rings. The number of carbonyl (C=O) groups excluding carboxylic acids is 1. The Kier molecular flexibility index (Phi) is 2.06. The molecule has 0 saturated carbocycles. The van der Waals surface area contributed by atoms with E-state index in [9.17, 15) is 4.79 Å². The van der Waals surface area contributed by atoms with E-state index in [1.165, 1.54) is 4.68 Å². The van der Waals surface area contributed by atoms with E-state index >= 15 is 0 Å². The highest BCUT2D eigenvalue weighted by molar-refractivity contribution is 5.95. The van der Waals surface area contributed by atoms with Crippen LogP contribution in [-0.4, -0.2) is 21.7 Å². The van der Waals surface area contributed by atoms with E-state index in [1.54, 1.807) is 12.1 Å². The number of aromatic nitrogens is 2. The van der Waals surface area contributed by atoms with Gasteiger partial charge in [-0.15, -0.1) is 0 Å². The van der Waals surface area contributed by atoms with Gasteiger partial charge in [0.2, 0.25) is 11.8 Å². The summed E-state index contributed by atoms with van der Waals surface area (Å²) in [6, 6.07) is 0. The van der Waals surface area contributed by atoms with Gasteiger partial charge in [-0.2, -0.15) is 14.8 Å². The summed E-state index contributed by atoms with van der Waals surface area (Å²) >= 11 is 0. The fourth-order valence-corrected chi connectivity index (χ4v) is 1.42. The van der Waals surface area contributed by atoms with Crippen LogP contribution in [0.2, 0.25) is 0 Å². The lowest BCUT2D eigenvalue weighted by Gasteiger charge is -2.15. The molecule has 6 nitrogen and oxygen atoms in total. The molecular formula is C9H11N5O. The predicted molar refractivity (Wildman–Crippen MR) is 56.1 cm³/mol. The minimum atomic E-state index is 0.171. The maximum Gasteiger partial charge on any atom is 0.222 e. The minimum absolute atomic E-state index is 0.171. The number of hydrogen-bond donors (Lipinski definition) is 2. The first kappa shape index (κ1) is 9.48. The van der Waals surface area contributed by atoms with Crippen LogP contribution in [0.1, 0.15) is 25.3 Å². The summed E-state index contributed by atoms with van der Waals surface area (Å²) in [5.41, 5.74) is 6.49. The van der Waals surface area contributed by atoms with E-state index < -0.39 is 0 Å². The van der Waals surface area contributed by atoms with Crippen LogP contribution in [0.15, 0.2) is 11.2 Å². The van der Waals surface area contributed by atoms with E-state index in [-0.39, 0.29) is 17.7 Å². The molecule has 0 amide bonds. The van der Waals surface area contributed by atoms with Crippen molar-refractivity contribution in [3.05, 3.63) is 11.8 Å². The maximum atomic E-state index is 10.7. The van der Waals surface area contributed by atoms with Crippen LogP contribution in [-0.2, 0) is 4.79 Å². The maximum absolute atomic E-state index is 10.7. The molecule has 2 heterocycles. The van der Waals surface area contributed by atoms with Crippen molar-refractivity contribution in [1.82, 2.24) is 15.1 Å². The van der Waals surface area contributed by atoms with Crippen LogP contribution in [0.3, 0.4) is 0 Å². The Hall–Kier alpha value is -2.07. The zero-order valence-electron chi connectivity index (χ0n) is 8.48. The van der Waals surface area contributed by atoms with Crippen LogP contribution in [0.25, 0.3) is 5.82 Å². The van der Waals surface area contributed by atoms with Gasteiger partial charge in [0, 0.05) is 5.56 Å². The van der Waals surface area contributed by atoms with Gasteiger partial charge in [0.15, 0.2) is 11.8 Å². The second kappa shape index (κ2) is 3.25. The van der Waals surface area contributed by atoms with Crippen LogP contribution >= 0.6 is 0 Å². The molecule has 3 N–H and O–H groups in total. The van der Waals surface area contributed by atoms with Crippen LogP contribution < -0.4 is 11.1 Å². The van der Waals surface area contributed by atoms with E-state index in [0.717, 1.165) is 5.56 Å². The summed E-state index contributed by atoms with van der Waals surface area (Å²) in [7, 11) is 0. The third-order valence-electron chi connectivity index (χ3n) is 2.17. The summed E-state index contributed by atoms with van der Waals surface area (Å²) < 4.78 is 1.40. The Balaban J connectivity index is 2.64. The zero-order valence-corrected chi connectivity index (χ0v) is 8.48. The first-order chi connectivity index (χ1) is 7.13. The summed E-state index contributed by atoms with van der Waals surface area (Å²) in [5, 5.41) is 6.65. The molecule has 1 aliphatic rings. The predicted octanol–water partition coefficient (Wildman–Crippen LogP) is 0.186. The average molecular weight is 205 g/mol. The molecule has 0 fully saturated rings. The van der Waals surface area contributed by atoms with Gasteiger partial charge in [0.1, 0.15) is 0 Å². The quantitative estimate of drug-likeness (QED) is 0.641. The molecule has 0 unspecified atom stereocenters. The van der Waals surface area contributed by atoms with E-state index in [0.29, 0.717) is 5.82 Å². The van der Waals surface area contributed by atoms with E-state index in [2.05, 4.69) is 15.4 Å². The molecule has 78 valence electrons. The third-order valence-corrected chi connectivity index (χ3v) is 2.17. The monoisotopic (exact) mass is 205 g/mol. The van der Waals surface area contributed by atoms with Crippen molar-refractivity contribution < 1.29 is 4.79 Å². The van der Waals surface area contributed by atoms with Crippen molar-refractivity contribution in [3.8, 4) is 0 Å². The van der Waals surface area contributed by atoms with Crippen LogP contribution in [0, 0.1) is 0 Å². The van der Waals surface area contributed by atoms with Crippen molar-refractivity contribution in [3.63, 3.8) is 0 Å². The standard InChI is InChI=1S/C9H11N5O/c1-5(2)6-3-11-14-7(4-15)12-9(10)13-8(6)14/h3,5H,1-2H3,(H3,10,12,13). The zero-order chi connectivity index (χ0) is 11.0. The van der Waals surface area contributed by atoms with Gasteiger partial charge < -0.3 is 11.1 Å². The molecule has 0 atom stereocenters. The summed E-state index contributed by atoms with van der Waals surface area (Å²) in [6.45, 7) is 4.05. The first-order valence-electron chi connectivity index (χ1n) is 4.58. The van der Waals surface area contributed by atoms with Crippen molar-refractivity contribution in [1.29, 1.82) is 0 Å². The molecule has 6 heteroatoms. The third kappa shape index (κ3) is 1.41. The fraction of sp³-hybridized carbons (Fsp3) is 0.333. The van der Waals surface area contributed by atoms with Crippen molar-refractivity contribution in [2.24, 2.45) is 10.7 Å². The second-order valence-electron chi connectivity index (χ2n) is 3.56. The van der Waals surface area contributed by atoms with Gasteiger partial charge in [-0.25, -0.2) is 4.79 Å². The minimum Gasteiger partial charge on any atom is -0.369 e. The van der Waals surface area contributed by atoms with Gasteiger partial charge in [0.05, 0.1) is 6.20 Å². The first-order valence-corrected chi connectivity index (χ1v) is 4.58. The molecule has 0 radical (unpaired) electrons. The Morgan fingerprint density at radius 3 is 2.93 bits per heavy atom. The highest BCUT2D eigenvalue weighted by Crippen LogP contribution is 2.29. The summed E-state index contributed by atoms with van der Waals surface area (Å²) in [4.78, 5) is 14.8. The van der Waals surface area contributed by atoms with Crippen molar-refractivity contribution in [2.75, 3.05) is 0 Å². The summed E-state index contributed by atoms with van der Waals surface area (Å²) in [5.74, 6) is 2.96. The SMILES string of the molecule is CC(C)c1cnn2c1N=C(N)NC2=C=O. The lowest BCUT2D eigenvalue weighted by molar-refractivity contribution is 0.567. The second-order valence-corrected chi connectivity index (χ2v) is 3.56. The van der Waals surface area contributed by atoms with Gasteiger partial charge in [0.25, 0.3) is 0 Å². The van der Waals surface area contributed by atoms with Crippen LogP contribution in [0.4, 0.5) is 5.82 Å². The number of rotatable bonds is 1. The number of guanidine groups is 1. The Morgan fingerprint density at radius 2 is 2.33 bits per heavy atom. The lowest BCUT2D eigenvalue weighted by atomic mass is 10.1. The molecule has 0 spiro atoms. The van der Waals surface area contributed by atoms with Gasteiger partial charge in [-0.1, -0.05) is 13.8 Å². The van der Waals surface area contributed by atoms with Crippen LogP contribution in [0.5, 0.6) is 0 Å². The largest absolute Gasteiger partial charge is 0.369 e. The number of nitrogens with one attached hydrogen (secondary N) is 1. The smallest absolute Gasteiger partial charge is 0.222 e.